The third kappa shape index (κ3) is 5.57. The van der Waals surface area contributed by atoms with Crippen molar-refractivity contribution in [2.45, 2.75) is 33.6 Å². The second-order valence-electron chi connectivity index (χ2n) is 5.88. The molecule has 25 heavy (non-hydrogen) atoms. The van der Waals surface area contributed by atoms with E-state index in [-0.39, 0.29) is 11.8 Å². The Morgan fingerprint density at radius 3 is 2.16 bits per heavy atom. The van der Waals surface area contributed by atoms with Gasteiger partial charge >= 0.3 is 0 Å². The molecular weight excluding hydrogens is 314 g/mol. The van der Waals surface area contributed by atoms with Crippen molar-refractivity contribution < 1.29 is 9.59 Å². The summed E-state index contributed by atoms with van der Waals surface area (Å²) in [4.78, 5) is 23.7. The standard InChI is InChI=1S/C20H23N3O2/c1-4-5-19(24)21-18-12-10-17(11-13-18)20(25)23-22-15(3)16-8-6-14(2)7-9-16/h6-13H,4-5H2,1-3H3,(H,21,24)(H,23,25). The van der Waals surface area contributed by atoms with Gasteiger partial charge in [0.05, 0.1) is 5.71 Å². The van der Waals surface area contributed by atoms with Crippen LogP contribution in [-0.4, -0.2) is 17.5 Å². The maximum absolute atomic E-state index is 12.2. The number of hydrogen-bond donors (Lipinski definition) is 2. The van der Waals surface area contributed by atoms with Gasteiger partial charge in [-0.3, -0.25) is 9.59 Å². The van der Waals surface area contributed by atoms with E-state index in [1.54, 1.807) is 24.3 Å². The van der Waals surface area contributed by atoms with E-state index in [0.717, 1.165) is 17.7 Å². The minimum Gasteiger partial charge on any atom is -0.326 e. The predicted octanol–water partition coefficient (Wildman–Crippen LogP) is 3.89. The summed E-state index contributed by atoms with van der Waals surface area (Å²) in [5.41, 5.74) is 6.57. The molecule has 0 aliphatic heterocycles. The van der Waals surface area contributed by atoms with Crippen LogP contribution in [-0.2, 0) is 4.79 Å². The number of hydrogen-bond acceptors (Lipinski definition) is 3. The van der Waals surface area contributed by atoms with Gasteiger partial charge in [-0.05, 0) is 50.1 Å². The van der Waals surface area contributed by atoms with Crippen molar-refractivity contribution in [2.75, 3.05) is 5.32 Å². The van der Waals surface area contributed by atoms with Crippen molar-refractivity contribution in [3.05, 3.63) is 65.2 Å². The molecule has 0 bridgehead atoms. The molecule has 0 fully saturated rings. The zero-order valence-electron chi connectivity index (χ0n) is 14.8. The Labute approximate surface area is 148 Å². The summed E-state index contributed by atoms with van der Waals surface area (Å²) in [5, 5.41) is 6.93. The van der Waals surface area contributed by atoms with Crippen LogP contribution in [0.5, 0.6) is 0 Å². The predicted molar refractivity (Wildman–Crippen MR) is 101 cm³/mol. The molecule has 2 rings (SSSR count). The number of amides is 2. The quantitative estimate of drug-likeness (QED) is 0.620. The van der Waals surface area contributed by atoms with Gasteiger partial charge in [-0.1, -0.05) is 36.8 Å². The summed E-state index contributed by atoms with van der Waals surface area (Å²) in [6, 6.07) is 14.7. The first kappa shape index (κ1) is 18.4. The highest BCUT2D eigenvalue weighted by molar-refractivity contribution is 6.01. The molecule has 130 valence electrons. The molecule has 2 amide bonds. The first-order valence-corrected chi connectivity index (χ1v) is 8.31. The summed E-state index contributed by atoms with van der Waals surface area (Å²) in [6.07, 6.45) is 1.28. The highest BCUT2D eigenvalue weighted by atomic mass is 16.2. The normalized spacial score (nSPS) is 11.1. The van der Waals surface area contributed by atoms with Gasteiger partial charge in [-0.15, -0.1) is 0 Å². The van der Waals surface area contributed by atoms with Crippen molar-refractivity contribution in [2.24, 2.45) is 5.10 Å². The van der Waals surface area contributed by atoms with Gasteiger partial charge in [0.1, 0.15) is 0 Å². The Morgan fingerprint density at radius 1 is 0.960 bits per heavy atom. The largest absolute Gasteiger partial charge is 0.326 e. The van der Waals surface area contributed by atoms with E-state index in [4.69, 9.17) is 0 Å². The first-order chi connectivity index (χ1) is 12.0. The van der Waals surface area contributed by atoms with Crippen LogP contribution < -0.4 is 10.7 Å². The van der Waals surface area contributed by atoms with Crippen molar-refractivity contribution in [3.8, 4) is 0 Å². The first-order valence-electron chi connectivity index (χ1n) is 8.31. The lowest BCUT2D eigenvalue weighted by Gasteiger charge is -2.06. The number of rotatable bonds is 6. The number of hydrazone groups is 1. The Morgan fingerprint density at radius 2 is 1.56 bits per heavy atom. The Bertz CT molecular complexity index is 763. The van der Waals surface area contributed by atoms with Crippen LogP contribution in [0.1, 0.15) is 48.2 Å². The monoisotopic (exact) mass is 337 g/mol. The third-order valence-electron chi connectivity index (χ3n) is 3.70. The lowest BCUT2D eigenvalue weighted by Crippen LogP contribution is -2.19. The molecule has 5 heteroatoms. The zero-order chi connectivity index (χ0) is 18.2. The van der Waals surface area contributed by atoms with Crippen molar-refractivity contribution in [1.82, 2.24) is 5.43 Å². The van der Waals surface area contributed by atoms with Gasteiger partial charge in [-0.25, -0.2) is 5.43 Å². The van der Waals surface area contributed by atoms with Crippen LogP contribution in [0.25, 0.3) is 0 Å². The third-order valence-corrected chi connectivity index (χ3v) is 3.70. The summed E-state index contributed by atoms with van der Waals surface area (Å²) in [5.74, 6) is -0.323. The smallest absolute Gasteiger partial charge is 0.271 e. The number of benzene rings is 2. The fraction of sp³-hybridized carbons (Fsp3) is 0.250. The van der Waals surface area contributed by atoms with Crippen molar-refractivity contribution in [3.63, 3.8) is 0 Å². The van der Waals surface area contributed by atoms with Gasteiger partial charge in [0.2, 0.25) is 5.91 Å². The molecule has 0 aliphatic carbocycles. The number of carbonyl (C=O) groups excluding carboxylic acids is 2. The molecule has 0 radical (unpaired) electrons. The highest BCUT2D eigenvalue weighted by Gasteiger charge is 2.06. The second-order valence-corrected chi connectivity index (χ2v) is 5.88. The molecule has 2 aromatic carbocycles. The number of carbonyl (C=O) groups is 2. The Hall–Kier alpha value is -2.95. The minimum atomic E-state index is -0.294. The van der Waals surface area contributed by atoms with Crippen LogP contribution in [0.15, 0.2) is 53.6 Å². The van der Waals surface area contributed by atoms with Gasteiger partial charge < -0.3 is 5.32 Å². The fourth-order valence-electron chi connectivity index (χ4n) is 2.21. The van der Waals surface area contributed by atoms with Gasteiger partial charge in [-0.2, -0.15) is 5.10 Å². The highest BCUT2D eigenvalue weighted by Crippen LogP contribution is 2.10. The van der Waals surface area contributed by atoms with Crippen molar-refractivity contribution >= 4 is 23.2 Å². The molecule has 5 nitrogen and oxygen atoms in total. The van der Waals surface area contributed by atoms with Crippen LogP contribution in [0.2, 0.25) is 0 Å². The minimum absolute atomic E-state index is 0.0296. The number of anilines is 1. The van der Waals surface area contributed by atoms with E-state index in [1.165, 1.54) is 5.56 Å². The van der Waals surface area contributed by atoms with E-state index in [2.05, 4.69) is 15.8 Å². The SMILES string of the molecule is CCCC(=O)Nc1ccc(C(=O)NN=C(C)c2ccc(C)cc2)cc1. The van der Waals surface area contributed by atoms with E-state index in [9.17, 15) is 9.59 Å². The van der Waals surface area contributed by atoms with Gasteiger partial charge in [0, 0.05) is 17.7 Å². The Kier molecular flexibility index (Phi) is 6.46. The lowest BCUT2D eigenvalue weighted by molar-refractivity contribution is -0.116. The summed E-state index contributed by atoms with van der Waals surface area (Å²) < 4.78 is 0. The van der Waals surface area contributed by atoms with Gasteiger partial charge in [0.25, 0.3) is 5.91 Å². The second kappa shape index (κ2) is 8.78. The van der Waals surface area contributed by atoms with E-state index in [1.807, 2.05) is 45.0 Å². The molecule has 0 spiro atoms. The zero-order valence-corrected chi connectivity index (χ0v) is 14.8. The molecular formula is C20H23N3O2. The topological polar surface area (TPSA) is 70.6 Å². The maximum atomic E-state index is 12.2. The lowest BCUT2D eigenvalue weighted by atomic mass is 10.1. The average molecular weight is 337 g/mol. The summed E-state index contributed by atoms with van der Waals surface area (Å²) in [7, 11) is 0. The molecule has 0 saturated carbocycles. The maximum Gasteiger partial charge on any atom is 0.271 e. The molecule has 0 aliphatic rings. The summed E-state index contributed by atoms with van der Waals surface area (Å²) in [6.45, 7) is 5.82. The number of aryl methyl sites for hydroxylation is 1. The van der Waals surface area contributed by atoms with E-state index in [0.29, 0.717) is 17.7 Å². The number of nitrogens with one attached hydrogen (secondary N) is 2. The molecule has 2 aromatic rings. The molecule has 0 unspecified atom stereocenters. The molecule has 0 heterocycles. The molecule has 0 aromatic heterocycles. The Balaban J connectivity index is 1.97. The fourth-order valence-corrected chi connectivity index (χ4v) is 2.21. The van der Waals surface area contributed by atoms with Crippen molar-refractivity contribution in [1.29, 1.82) is 0 Å². The van der Waals surface area contributed by atoms with Crippen LogP contribution >= 0.6 is 0 Å². The van der Waals surface area contributed by atoms with Crippen LogP contribution in [0, 0.1) is 6.92 Å². The molecule has 0 atom stereocenters. The van der Waals surface area contributed by atoms with Crippen LogP contribution in [0.4, 0.5) is 5.69 Å². The van der Waals surface area contributed by atoms with E-state index >= 15 is 0 Å². The van der Waals surface area contributed by atoms with Gasteiger partial charge in [0.15, 0.2) is 0 Å². The number of nitrogens with zero attached hydrogens (tertiary/aromatic N) is 1. The summed E-state index contributed by atoms with van der Waals surface area (Å²) >= 11 is 0. The van der Waals surface area contributed by atoms with Crippen LogP contribution in [0.3, 0.4) is 0 Å². The van der Waals surface area contributed by atoms with E-state index < -0.39 is 0 Å². The molecule has 2 N–H and O–H groups in total. The average Bonchev–Trinajstić information content (AvgIpc) is 2.61. The molecule has 0 saturated heterocycles.